The van der Waals surface area contributed by atoms with E-state index < -0.39 is 17.8 Å². The Bertz CT molecular complexity index is 1240. The van der Waals surface area contributed by atoms with Crippen molar-refractivity contribution in [3.63, 3.8) is 0 Å². The molecule has 4 rings (SSSR count). The van der Waals surface area contributed by atoms with Gasteiger partial charge in [0.25, 0.3) is 11.8 Å². The molecule has 0 aromatic heterocycles. The van der Waals surface area contributed by atoms with Crippen LogP contribution in [0.2, 0.25) is 20.1 Å². The van der Waals surface area contributed by atoms with E-state index >= 15 is 0 Å². The molecule has 0 atom stereocenters. The summed E-state index contributed by atoms with van der Waals surface area (Å²) in [6.07, 6.45) is 0. The third kappa shape index (κ3) is 3.59. The van der Waals surface area contributed by atoms with Crippen molar-refractivity contribution < 1.29 is 23.9 Å². The molecule has 1 aliphatic heterocycles. The van der Waals surface area contributed by atoms with Gasteiger partial charge in [-0.25, -0.2) is 9.69 Å². The van der Waals surface area contributed by atoms with E-state index in [0.29, 0.717) is 5.75 Å². The van der Waals surface area contributed by atoms with Gasteiger partial charge < -0.3 is 9.47 Å². The van der Waals surface area contributed by atoms with Crippen LogP contribution in [-0.4, -0.2) is 24.9 Å². The summed E-state index contributed by atoms with van der Waals surface area (Å²) in [7, 11) is 1.45. The Morgan fingerprint density at radius 2 is 1.31 bits per heavy atom. The zero-order valence-electron chi connectivity index (χ0n) is 16.1. The molecular formula is C22H11Cl4NO5. The Morgan fingerprint density at radius 3 is 1.84 bits per heavy atom. The predicted octanol–water partition coefficient (Wildman–Crippen LogP) is 6.33. The lowest BCUT2D eigenvalue weighted by Gasteiger charge is -2.14. The highest BCUT2D eigenvalue weighted by Gasteiger charge is 2.42. The molecule has 1 heterocycles. The van der Waals surface area contributed by atoms with Gasteiger partial charge in [0.2, 0.25) is 0 Å². The van der Waals surface area contributed by atoms with Gasteiger partial charge in [0.05, 0.1) is 44.0 Å². The van der Waals surface area contributed by atoms with Crippen LogP contribution < -0.4 is 14.4 Å². The van der Waals surface area contributed by atoms with Crippen molar-refractivity contribution in [3.05, 3.63) is 85.3 Å². The molecule has 6 nitrogen and oxygen atoms in total. The Kier molecular flexibility index (Phi) is 6.05. The van der Waals surface area contributed by atoms with Crippen molar-refractivity contribution in [2.45, 2.75) is 0 Å². The van der Waals surface area contributed by atoms with Crippen molar-refractivity contribution in [3.8, 4) is 11.5 Å². The zero-order chi connectivity index (χ0) is 23.2. The number of para-hydroxylation sites is 1. The number of carbonyl (C=O) groups excluding carboxylic acids is 3. The maximum atomic E-state index is 12.9. The van der Waals surface area contributed by atoms with E-state index in [0.717, 1.165) is 4.90 Å². The third-order valence-electron chi connectivity index (χ3n) is 4.73. The molecule has 0 unspecified atom stereocenters. The first kappa shape index (κ1) is 22.4. The lowest BCUT2D eigenvalue weighted by Crippen LogP contribution is -2.29. The van der Waals surface area contributed by atoms with Crippen molar-refractivity contribution in [1.29, 1.82) is 0 Å². The molecule has 0 bridgehead atoms. The molecule has 32 heavy (non-hydrogen) atoms. The lowest BCUT2D eigenvalue weighted by molar-refractivity contribution is 0.0730. The van der Waals surface area contributed by atoms with Crippen molar-refractivity contribution >= 4 is 69.9 Å². The summed E-state index contributed by atoms with van der Waals surface area (Å²) in [5, 5.41) is -0.532. The van der Waals surface area contributed by atoms with Crippen LogP contribution >= 0.6 is 46.4 Å². The normalized spacial score (nSPS) is 12.7. The maximum Gasteiger partial charge on any atom is 0.347 e. The average molecular weight is 511 g/mol. The number of halogens is 4. The second-order valence-electron chi connectivity index (χ2n) is 6.54. The number of ether oxygens (including phenoxy) is 2. The molecule has 2 amide bonds. The van der Waals surface area contributed by atoms with Crippen molar-refractivity contribution in [2.24, 2.45) is 0 Å². The molecule has 0 N–H and O–H groups in total. The highest BCUT2D eigenvalue weighted by atomic mass is 35.5. The van der Waals surface area contributed by atoms with Gasteiger partial charge >= 0.3 is 5.97 Å². The average Bonchev–Trinajstić information content (AvgIpc) is 3.06. The third-order valence-corrected chi connectivity index (χ3v) is 6.54. The minimum absolute atomic E-state index is 0.112. The van der Waals surface area contributed by atoms with E-state index in [-0.39, 0.29) is 48.2 Å². The summed E-state index contributed by atoms with van der Waals surface area (Å²) in [5.74, 6) is -1.46. The number of fused-ring (bicyclic) bond motifs is 1. The van der Waals surface area contributed by atoms with Crippen LogP contribution in [0, 0.1) is 0 Å². The molecule has 0 saturated carbocycles. The van der Waals surface area contributed by atoms with Crippen LogP contribution in [0.1, 0.15) is 31.1 Å². The summed E-state index contributed by atoms with van der Waals surface area (Å²) >= 11 is 24.4. The Morgan fingerprint density at radius 1 is 0.781 bits per heavy atom. The van der Waals surface area contributed by atoms with E-state index in [9.17, 15) is 14.4 Å². The minimum Gasteiger partial charge on any atom is -0.496 e. The number of methoxy groups -OCH3 is 1. The molecule has 3 aromatic rings. The highest BCUT2D eigenvalue weighted by molar-refractivity contribution is 6.56. The molecule has 0 radical (unpaired) electrons. The van der Waals surface area contributed by atoms with E-state index in [2.05, 4.69) is 0 Å². The Balaban J connectivity index is 1.62. The summed E-state index contributed by atoms with van der Waals surface area (Å²) in [5.41, 5.74) is 0.218. The number of nitrogens with zero attached hydrogens (tertiary/aromatic N) is 1. The summed E-state index contributed by atoms with van der Waals surface area (Å²) in [6.45, 7) is 0. The minimum atomic E-state index is -0.700. The fraction of sp³-hybridized carbons (Fsp3) is 0.0455. The SMILES string of the molecule is COc1ccccc1C(=O)Oc1ccc(N2C(=O)c3c(Cl)c(Cl)c(Cl)c(Cl)c3C2=O)cc1. The number of hydrogen-bond donors (Lipinski definition) is 0. The summed E-state index contributed by atoms with van der Waals surface area (Å²) in [6, 6.07) is 12.4. The number of benzene rings is 3. The monoisotopic (exact) mass is 509 g/mol. The van der Waals surface area contributed by atoms with Gasteiger partial charge in [0, 0.05) is 0 Å². The fourth-order valence-corrected chi connectivity index (χ4v) is 4.24. The van der Waals surface area contributed by atoms with Crippen molar-refractivity contribution in [1.82, 2.24) is 0 Å². The smallest absolute Gasteiger partial charge is 0.347 e. The van der Waals surface area contributed by atoms with Gasteiger partial charge in [-0.1, -0.05) is 58.5 Å². The van der Waals surface area contributed by atoms with Gasteiger partial charge in [0.1, 0.15) is 17.1 Å². The zero-order valence-corrected chi connectivity index (χ0v) is 19.1. The number of hydrogen-bond acceptors (Lipinski definition) is 5. The van der Waals surface area contributed by atoms with E-state index in [1.807, 2.05) is 0 Å². The Labute approximate surface area is 202 Å². The molecule has 3 aromatic carbocycles. The highest BCUT2D eigenvalue weighted by Crippen LogP contribution is 2.45. The van der Waals surface area contributed by atoms with Crippen molar-refractivity contribution in [2.75, 3.05) is 12.0 Å². The van der Waals surface area contributed by atoms with E-state index in [4.69, 9.17) is 55.9 Å². The molecule has 162 valence electrons. The van der Waals surface area contributed by atoms with Crippen LogP contribution in [0.4, 0.5) is 5.69 Å². The van der Waals surface area contributed by atoms with E-state index in [1.165, 1.54) is 31.4 Å². The van der Waals surface area contributed by atoms with Crippen LogP contribution in [0.15, 0.2) is 48.5 Å². The van der Waals surface area contributed by atoms with Gasteiger partial charge in [-0.15, -0.1) is 0 Å². The molecule has 0 saturated heterocycles. The maximum absolute atomic E-state index is 12.9. The number of amides is 2. The van der Waals surface area contributed by atoms with Gasteiger partial charge in [0.15, 0.2) is 0 Å². The number of rotatable bonds is 4. The lowest BCUT2D eigenvalue weighted by atomic mass is 10.1. The van der Waals surface area contributed by atoms with E-state index in [1.54, 1.807) is 24.3 Å². The van der Waals surface area contributed by atoms with Crippen LogP contribution in [0.3, 0.4) is 0 Å². The predicted molar refractivity (Wildman–Crippen MR) is 122 cm³/mol. The molecule has 0 fully saturated rings. The quantitative estimate of drug-likeness (QED) is 0.135. The van der Waals surface area contributed by atoms with Crippen LogP contribution in [0.5, 0.6) is 11.5 Å². The Hall–Kier alpha value is -2.77. The second-order valence-corrected chi connectivity index (χ2v) is 8.05. The topological polar surface area (TPSA) is 72.9 Å². The number of anilines is 1. The molecule has 1 aliphatic rings. The first-order valence-electron chi connectivity index (χ1n) is 8.96. The number of carbonyl (C=O) groups is 3. The number of esters is 1. The fourth-order valence-electron chi connectivity index (χ4n) is 3.22. The second kappa shape index (κ2) is 8.64. The first-order chi connectivity index (χ1) is 15.3. The molecule has 0 spiro atoms. The standard InChI is InChI=1S/C22H11Cl4NO5/c1-31-13-5-3-2-4-12(13)22(30)32-11-8-6-10(7-9-11)27-20(28)14-15(21(27)29)17(24)19(26)18(25)16(14)23/h2-9H,1H3. The van der Waals surface area contributed by atoms with Crippen LogP contribution in [0.25, 0.3) is 0 Å². The van der Waals surface area contributed by atoms with Gasteiger partial charge in [-0.2, -0.15) is 0 Å². The summed E-state index contributed by atoms with van der Waals surface area (Å²) < 4.78 is 10.5. The first-order valence-corrected chi connectivity index (χ1v) is 10.5. The largest absolute Gasteiger partial charge is 0.496 e. The van der Waals surface area contributed by atoms with Crippen LogP contribution in [-0.2, 0) is 0 Å². The van der Waals surface area contributed by atoms with Gasteiger partial charge in [-0.05, 0) is 36.4 Å². The molecule has 0 aliphatic carbocycles. The van der Waals surface area contributed by atoms with Gasteiger partial charge in [-0.3, -0.25) is 9.59 Å². The summed E-state index contributed by atoms with van der Waals surface area (Å²) in [4.78, 5) is 39.2. The molecule has 10 heteroatoms. The molecular weight excluding hydrogens is 500 g/mol. The number of imide groups is 1.